The first kappa shape index (κ1) is 16.2. The van der Waals surface area contributed by atoms with Crippen LogP contribution in [0.25, 0.3) is 0 Å². The molecule has 0 unspecified atom stereocenters. The monoisotopic (exact) mass is 350 g/mol. The van der Waals surface area contributed by atoms with E-state index in [0.29, 0.717) is 0 Å². The van der Waals surface area contributed by atoms with Crippen molar-refractivity contribution in [2.24, 2.45) is 0 Å². The molecule has 0 radical (unpaired) electrons. The fourth-order valence-corrected chi connectivity index (χ4v) is 4.83. The number of sulfonamides is 2. The molecule has 2 rings (SSSR count). The van der Waals surface area contributed by atoms with Crippen LogP contribution < -0.4 is 4.72 Å². The van der Waals surface area contributed by atoms with Crippen molar-refractivity contribution in [3.8, 4) is 0 Å². The third kappa shape index (κ3) is 3.71. The van der Waals surface area contributed by atoms with E-state index in [1.807, 2.05) is 0 Å². The molecule has 0 fully saturated rings. The number of likely N-dealkylation sites (N-methyl/N-ethyl adjacent to an activating group) is 1. The normalized spacial score (nSPS) is 12.9. The number of furan rings is 1. The smallest absolute Gasteiger partial charge is 0.252 e. The van der Waals surface area contributed by atoms with Crippen LogP contribution in [0.15, 0.2) is 49.6 Å². The Morgan fingerprint density at radius 3 is 2.62 bits per heavy atom. The zero-order chi connectivity index (χ0) is 15.5. The number of thiophene rings is 1. The van der Waals surface area contributed by atoms with Crippen molar-refractivity contribution in [3.05, 3.63) is 36.1 Å². The van der Waals surface area contributed by atoms with Crippen molar-refractivity contribution in [2.75, 3.05) is 20.1 Å². The fourth-order valence-electron chi connectivity index (χ4n) is 1.51. The summed E-state index contributed by atoms with van der Waals surface area (Å²) in [7, 11) is -5.84. The van der Waals surface area contributed by atoms with E-state index in [0.717, 1.165) is 21.9 Å². The highest BCUT2D eigenvalue weighted by atomic mass is 32.2. The molecule has 0 aliphatic heterocycles. The summed E-state index contributed by atoms with van der Waals surface area (Å²) in [5.41, 5.74) is 0. The molecule has 0 aromatic carbocycles. The summed E-state index contributed by atoms with van der Waals surface area (Å²) >= 11 is 1.11. The van der Waals surface area contributed by atoms with Gasteiger partial charge in [-0.25, -0.2) is 21.6 Å². The first-order valence-electron chi connectivity index (χ1n) is 5.86. The van der Waals surface area contributed by atoms with Gasteiger partial charge in [-0.1, -0.05) is 6.07 Å². The van der Waals surface area contributed by atoms with Crippen LogP contribution in [0.2, 0.25) is 0 Å². The predicted molar refractivity (Wildman–Crippen MR) is 78.0 cm³/mol. The van der Waals surface area contributed by atoms with Gasteiger partial charge in [-0.05, 0) is 17.5 Å². The van der Waals surface area contributed by atoms with Gasteiger partial charge in [0.25, 0.3) is 10.0 Å². The molecule has 0 aliphatic rings. The highest BCUT2D eigenvalue weighted by molar-refractivity contribution is 7.91. The Balaban J connectivity index is 1.95. The quantitative estimate of drug-likeness (QED) is 0.801. The van der Waals surface area contributed by atoms with Gasteiger partial charge in [-0.15, -0.1) is 11.3 Å². The Morgan fingerprint density at radius 1 is 1.29 bits per heavy atom. The van der Waals surface area contributed by atoms with Crippen LogP contribution in [-0.2, 0) is 20.0 Å². The van der Waals surface area contributed by atoms with Gasteiger partial charge >= 0.3 is 0 Å². The van der Waals surface area contributed by atoms with Gasteiger partial charge in [0.1, 0.15) is 15.4 Å². The Kier molecular flexibility index (Phi) is 4.84. The van der Waals surface area contributed by atoms with Gasteiger partial charge in [-0.2, -0.15) is 4.31 Å². The van der Waals surface area contributed by atoms with Crippen molar-refractivity contribution in [1.82, 2.24) is 9.03 Å². The minimum absolute atomic E-state index is 0.00580. The van der Waals surface area contributed by atoms with E-state index in [9.17, 15) is 16.8 Å². The third-order valence-electron chi connectivity index (χ3n) is 2.68. The van der Waals surface area contributed by atoms with E-state index in [1.54, 1.807) is 11.4 Å². The zero-order valence-electron chi connectivity index (χ0n) is 11.1. The number of nitrogens with zero attached hydrogens (tertiary/aromatic N) is 1. The summed E-state index contributed by atoms with van der Waals surface area (Å²) < 4.78 is 56.2. The SMILES string of the molecule is CN(CCNS(=O)(=O)c1ccoc1)S(=O)(=O)c1cccs1. The van der Waals surface area contributed by atoms with Gasteiger partial charge in [0.15, 0.2) is 0 Å². The maximum absolute atomic E-state index is 12.1. The average molecular weight is 350 g/mol. The Hall–Kier alpha value is -1.20. The van der Waals surface area contributed by atoms with E-state index in [2.05, 4.69) is 4.72 Å². The molecule has 2 aromatic rings. The van der Waals surface area contributed by atoms with Crippen molar-refractivity contribution in [3.63, 3.8) is 0 Å². The minimum atomic E-state index is -3.67. The summed E-state index contributed by atoms with van der Waals surface area (Å²) in [5, 5.41) is 1.67. The highest BCUT2D eigenvalue weighted by Gasteiger charge is 2.22. The number of rotatable bonds is 7. The maximum atomic E-state index is 12.1. The molecular weight excluding hydrogens is 336 g/mol. The topological polar surface area (TPSA) is 96.7 Å². The molecule has 1 N–H and O–H groups in total. The maximum Gasteiger partial charge on any atom is 0.252 e. The lowest BCUT2D eigenvalue weighted by atomic mass is 10.7. The van der Waals surface area contributed by atoms with E-state index in [4.69, 9.17) is 4.42 Å². The van der Waals surface area contributed by atoms with Gasteiger partial charge in [0, 0.05) is 20.1 Å². The molecule has 21 heavy (non-hydrogen) atoms. The average Bonchev–Trinajstić information content (AvgIpc) is 3.11. The molecule has 2 aromatic heterocycles. The fraction of sp³-hybridized carbons (Fsp3) is 0.273. The predicted octanol–water partition coefficient (Wildman–Crippen LogP) is 0.940. The minimum Gasteiger partial charge on any atom is -0.471 e. The van der Waals surface area contributed by atoms with Crippen molar-refractivity contribution < 1.29 is 21.3 Å². The second-order valence-electron chi connectivity index (χ2n) is 4.12. The molecule has 116 valence electrons. The number of hydrogen-bond donors (Lipinski definition) is 1. The van der Waals surface area contributed by atoms with E-state index in [1.165, 1.54) is 25.4 Å². The summed E-state index contributed by atoms with van der Waals surface area (Å²) in [4.78, 5) is 0.00580. The van der Waals surface area contributed by atoms with Crippen molar-refractivity contribution in [2.45, 2.75) is 9.10 Å². The molecule has 0 atom stereocenters. The molecule has 0 spiro atoms. The Bertz CT molecular complexity index is 764. The summed E-state index contributed by atoms with van der Waals surface area (Å²) in [6.07, 6.45) is 2.36. The van der Waals surface area contributed by atoms with Crippen molar-refractivity contribution in [1.29, 1.82) is 0 Å². The second kappa shape index (κ2) is 6.28. The largest absolute Gasteiger partial charge is 0.471 e. The third-order valence-corrected chi connectivity index (χ3v) is 7.35. The van der Waals surface area contributed by atoms with Gasteiger partial charge in [-0.3, -0.25) is 0 Å². The van der Waals surface area contributed by atoms with E-state index >= 15 is 0 Å². The lowest BCUT2D eigenvalue weighted by Gasteiger charge is -2.16. The first-order chi connectivity index (χ1) is 9.84. The summed E-state index contributed by atoms with van der Waals surface area (Å²) in [5.74, 6) is 0. The molecule has 0 amide bonds. The van der Waals surface area contributed by atoms with E-state index < -0.39 is 20.0 Å². The van der Waals surface area contributed by atoms with Crippen LogP contribution in [0.3, 0.4) is 0 Å². The van der Waals surface area contributed by atoms with Crippen LogP contribution in [0, 0.1) is 0 Å². The summed E-state index contributed by atoms with van der Waals surface area (Å²) in [6, 6.07) is 4.47. The van der Waals surface area contributed by atoms with Crippen molar-refractivity contribution >= 4 is 31.4 Å². The van der Waals surface area contributed by atoms with Crippen LogP contribution in [0.4, 0.5) is 0 Å². The lowest BCUT2D eigenvalue weighted by Crippen LogP contribution is -2.35. The van der Waals surface area contributed by atoms with Crippen LogP contribution in [-0.4, -0.2) is 41.3 Å². The number of nitrogens with one attached hydrogen (secondary N) is 1. The lowest BCUT2D eigenvalue weighted by molar-refractivity contribution is 0.470. The molecule has 0 saturated carbocycles. The van der Waals surface area contributed by atoms with Crippen LogP contribution >= 0.6 is 11.3 Å². The van der Waals surface area contributed by atoms with Gasteiger partial charge in [0.05, 0.1) is 6.26 Å². The molecule has 0 aliphatic carbocycles. The zero-order valence-corrected chi connectivity index (χ0v) is 13.5. The van der Waals surface area contributed by atoms with Crippen LogP contribution in [0.5, 0.6) is 0 Å². The van der Waals surface area contributed by atoms with Gasteiger partial charge in [0.2, 0.25) is 10.0 Å². The molecule has 2 heterocycles. The second-order valence-corrected chi connectivity index (χ2v) is 9.10. The van der Waals surface area contributed by atoms with Gasteiger partial charge < -0.3 is 4.42 Å². The molecule has 10 heteroatoms. The Labute approximate surface area is 127 Å². The first-order valence-corrected chi connectivity index (χ1v) is 9.66. The van der Waals surface area contributed by atoms with E-state index in [-0.39, 0.29) is 22.2 Å². The highest BCUT2D eigenvalue weighted by Crippen LogP contribution is 2.19. The molecule has 7 nitrogen and oxygen atoms in total. The molecule has 0 saturated heterocycles. The number of hydrogen-bond acceptors (Lipinski definition) is 6. The Morgan fingerprint density at radius 2 is 2.05 bits per heavy atom. The standard InChI is InChI=1S/C11H14N2O5S3/c1-13(21(16,17)11-3-2-8-19-11)6-5-12-20(14,15)10-4-7-18-9-10/h2-4,7-9,12H,5-6H2,1H3. The summed E-state index contributed by atoms with van der Waals surface area (Å²) in [6.45, 7) is -0.00800. The molecular formula is C11H14N2O5S3. The van der Waals surface area contributed by atoms with Crippen LogP contribution in [0.1, 0.15) is 0 Å². The molecule has 0 bridgehead atoms.